The van der Waals surface area contributed by atoms with Crippen molar-refractivity contribution in [2.24, 2.45) is 0 Å². The Balaban J connectivity index is 4.74. The van der Waals surface area contributed by atoms with Gasteiger partial charge < -0.3 is 20.3 Å². The molecule has 0 saturated carbocycles. The Hall–Kier alpha value is -3.74. The minimum atomic E-state index is -0.820. The number of aliphatic hydroxyl groups is 2. The summed E-state index contributed by atoms with van der Waals surface area (Å²) in [6, 6.07) is -0.739. The second kappa shape index (κ2) is 54.2. The van der Waals surface area contributed by atoms with Crippen LogP contribution in [-0.4, -0.2) is 46.9 Å². The first-order chi connectivity index (χ1) is 33.5. The number of nitrogens with one attached hydrogen (secondary N) is 1. The van der Waals surface area contributed by atoms with Gasteiger partial charge in [-0.25, -0.2) is 0 Å². The molecule has 0 fully saturated rings. The number of ether oxygens (including phenoxy) is 1. The van der Waals surface area contributed by atoms with E-state index in [1.165, 1.54) is 89.9 Å². The third-order valence-corrected chi connectivity index (χ3v) is 11.9. The molecular weight excluding hydrogens is 839 g/mol. The van der Waals surface area contributed by atoms with E-state index >= 15 is 0 Å². The summed E-state index contributed by atoms with van der Waals surface area (Å²) in [6.07, 6.45) is 75.5. The molecule has 0 saturated heterocycles. The Bertz CT molecular complexity index is 1430. The van der Waals surface area contributed by atoms with E-state index < -0.39 is 18.2 Å². The maximum absolute atomic E-state index is 13.3. The van der Waals surface area contributed by atoms with Crippen molar-refractivity contribution in [3.8, 4) is 0 Å². The summed E-state index contributed by atoms with van der Waals surface area (Å²) >= 11 is 0. The molecule has 68 heavy (non-hydrogen) atoms. The van der Waals surface area contributed by atoms with E-state index in [0.717, 1.165) is 96.3 Å². The van der Waals surface area contributed by atoms with E-state index in [2.05, 4.69) is 105 Å². The van der Waals surface area contributed by atoms with Crippen molar-refractivity contribution in [3.05, 3.63) is 122 Å². The molecule has 3 N–H and O–H groups in total. The molecule has 3 unspecified atom stereocenters. The Morgan fingerprint density at radius 3 is 1.38 bits per heavy atom. The van der Waals surface area contributed by atoms with Crippen LogP contribution in [0.1, 0.15) is 233 Å². The van der Waals surface area contributed by atoms with Crippen LogP contribution in [0.25, 0.3) is 0 Å². The van der Waals surface area contributed by atoms with Crippen molar-refractivity contribution in [3.63, 3.8) is 0 Å². The van der Waals surface area contributed by atoms with Crippen LogP contribution in [-0.2, 0) is 14.3 Å². The fourth-order valence-electron chi connectivity index (χ4n) is 7.78. The first-order valence-corrected chi connectivity index (χ1v) is 27.8. The summed E-state index contributed by atoms with van der Waals surface area (Å²) in [7, 11) is 0. The lowest BCUT2D eigenvalue weighted by atomic mass is 10.0. The van der Waals surface area contributed by atoms with Crippen LogP contribution >= 0.6 is 0 Å². The van der Waals surface area contributed by atoms with Crippen LogP contribution in [0.15, 0.2) is 122 Å². The van der Waals surface area contributed by atoms with Gasteiger partial charge in [-0.3, -0.25) is 9.59 Å². The Morgan fingerprint density at radius 2 is 0.882 bits per heavy atom. The summed E-state index contributed by atoms with van der Waals surface area (Å²) in [5, 5.41) is 23.9. The molecule has 0 heterocycles. The topological polar surface area (TPSA) is 95.9 Å². The minimum Gasteiger partial charge on any atom is -0.462 e. The summed E-state index contributed by atoms with van der Waals surface area (Å²) in [5.74, 6) is -0.588. The molecule has 0 aliphatic rings. The van der Waals surface area contributed by atoms with Crippen molar-refractivity contribution in [2.75, 3.05) is 6.61 Å². The van der Waals surface area contributed by atoms with Crippen molar-refractivity contribution in [1.29, 1.82) is 0 Å². The standard InChI is InChI=1S/C62H103NO5/c1-4-7-10-13-16-19-22-25-28-30-33-35-38-41-44-47-50-53-58(68-62(67)55-52-49-46-43-40-37-32-27-24-21-18-15-12-9-6-3)56-61(66)63-59(57-64)60(65)54-51-48-45-42-39-36-34-31-29-26-23-20-17-14-11-8-5-2/h7,9-10,12,15-16,18-19,21,24-25,27-28,32-33,35,37,40-41,44,58-60,64-65H,4-6,8,11,13-14,17,20,22-23,26,29-31,34,36,38-39,42-43,45-57H2,1-3H3,(H,63,66)/b10-7-,12-9+,18-15+,19-16-,24-21-,28-25-,32-27-,35-33-,40-37+,44-41-. The van der Waals surface area contributed by atoms with Gasteiger partial charge in [-0.05, 0) is 83.5 Å². The second-order valence-electron chi connectivity index (χ2n) is 18.3. The van der Waals surface area contributed by atoms with Gasteiger partial charge in [0.2, 0.25) is 5.91 Å². The van der Waals surface area contributed by atoms with Gasteiger partial charge in [-0.1, -0.05) is 258 Å². The monoisotopic (exact) mass is 942 g/mol. The number of aliphatic hydroxyl groups excluding tert-OH is 2. The van der Waals surface area contributed by atoms with Gasteiger partial charge in [-0.2, -0.15) is 0 Å². The molecule has 0 aromatic rings. The van der Waals surface area contributed by atoms with Crippen molar-refractivity contribution >= 4 is 11.9 Å². The summed E-state index contributed by atoms with van der Waals surface area (Å²) in [6.45, 7) is 6.21. The number of allylic oxidation sites excluding steroid dienone is 20. The predicted octanol–water partition coefficient (Wildman–Crippen LogP) is 17.2. The highest BCUT2D eigenvalue weighted by Crippen LogP contribution is 2.17. The third kappa shape index (κ3) is 48.7. The van der Waals surface area contributed by atoms with Gasteiger partial charge in [0.1, 0.15) is 6.10 Å². The smallest absolute Gasteiger partial charge is 0.306 e. The molecule has 0 aromatic heterocycles. The highest BCUT2D eigenvalue weighted by atomic mass is 16.5. The Labute approximate surface area is 419 Å². The molecule has 0 aliphatic heterocycles. The first kappa shape index (κ1) is 64.3. The van der Waals surface area contributed by atoms with E-state index in [-0.39, 0.29) is 24.9 Å². The van der Waals surface area contributed by atoms with E-state index in [9.17, 15) is 19.8 Å². The van der Waals surface area contributed by atoms with Gasteiger partial charge in [0.05, 0.1) is 25.2 Å². The van der Waals surface area contributed by atoms with Crippen molar-refractivity contribution < 1.29 is 24.5 Å². The minimum absolute atomic E-state index is 0.0133. The number of carbonyl (C=O) groups is 2. The number of carbonyl (C=O) groups excluding carboxylic acids is 2. The number of rotatable bonds is 48. The highest BCUT2D eigenvalue weighted by Gasteiger charge is 2.24. The molecule has 6 nitrogen and oxygen atoms in total. The molecule has 0 rings (SSSR count). The maximum Gasteiger partial charge on any atom is 0.306 e. The van der Waals surface area contributed by atoms with Gasteiger partial charge in [-0.15, -0.1) is 0 Å². The number of hydrogen-bond donors (Lipinski definition) is 3. The average Bonchev–Trinajstić information content (AvgIpc) is 3.33. The van der Waals surface area contributed by atoms with Crippen LogP contribution in [0.4, 0.5) is 0 Å². The number of amides is 1. The Morgan fingerprint density at radius 1 is 0.456 bits per heavy atom. The predicted molar refractivity (Wildman–Crippen MR) is 296 cm³/mol. The van der Waals surface area contributed by atoms with E-state index in [1.807, 2.05) is 42.5 Å². The van der Waals surface area contributed by atoms with E-state index in [1.54, 1.807) is 0 Å². The zero-order chi connectivity index (χ0) is 49.5. The zero-order valence-corrected chi connectivity index (χ0v) is 43.9. The summed E-state index contributed by atoms with van der Waals surface area (Å²) in [4.78, 5) is 26.2. The molecule has 3 atom stereocenters. The number of hydrogen-bond acceptors (Lipinski definition) is 5. The lowest BCUT2D eigenvalue weighted by Crippen LogP contribution is -2.46. The second-order valence-corrected chi connectivity index (χ2v) is 18.3. The SMILES string of the molecule is CC/C=C\C/C=C\C/C=C\C/C=C\C/C=C\CCCC(CC(=O)NC(CO)C(O)CCCCCCCCCCCCCCCCCCC)OC(=O)CCCCC/C=C/C=C\C=C/C=C/C=C/CC. The zero-order valence-electron chi connectivity index (χ0n) is 43.9. The number of esters is 1. The normalized spacial score (nSPS) is 14.1. The average molecular weight is 943 g/mol. The quantitative estimate of drug-likeness (QED) is 0.0244. The van der Waals surface area contributed by atoms with Crippen LogP contribution in [0.3, 0.4) is 0 Å². The van der Waals surface area contributed by atoms with Crippen molar-refractivity contribution in [2.45, 2.75) is 251 Å². The lowest BCUT2D eigenvalue weighted by molar-refractivity contribution is -0.151. The molecule has 0 radical (unpaired) electrons. The van der Waals surface area contributed by atoms with Gasteiger partial charge >= 0.3 is 5.97 Å². The molecule has 386 valence electrons. The fraction of sp³-hybridized carbons (Fsp3) is 0.645. The molecule has 0 aliphatic carbocycles. The van der Waals surface area contributed by atoms with Gasteiger partial charge in [0.15, 0.2) is 0 Å². The first-order valence-electron chi connectivity index (χ1n) is 27.8. The molecule has 0 bridgehead atoms. The maximum atomic E-state index is 13.3. The van der Waals surface area contributed by atoms with Crippen LogP contribution < -0.4 is 5.32 Å². The van der Waals surface area contributed by atoms with E-state index in [0.29, 0.717) is 19.3 Å². The Kier molecular flexibility index (Phi) is 51.2. The molecule has 6 heteroatoms. The van der Waals surface area contributed by atoms with Gasteiger partial charge in [0.25, 0.3) is 0 Å². The molecular formula is C62H103NO5. The molecule has 0 aromatic carbocycles. The third-order valence-electron chi connectivity index (χ3n) is 11.9. The molecule has 1 amide bonds. The van der Waals surface area contributed by atoms with E-state index in [4.69, 9.17) is 4.74 Å². The molecule has 0 spiro atoms. The lowest BCUT2D eigenvalue weighted by Gasteiger charge is -2.24. The van der Waals surface area contributed by atoms with Crippen molar-refractivity contribution in [1.82, 2.24) is 5.32 Å². The fourth-order valence-corrected chi connectivity index (χ4v) is 7.78. The van der Waals surface area contributed by atoms with Crippen LogP contribution in [0.5, 0.6) is 0 Å². The van der Waals surface area contributed by atoms with Gasteiger partial charge in [0, 0.05) is 6.42 Å². The highest BCUT2D eigenvalue weighted by molar-refractivity contribution is 5.77. The van der Waals surface area contributed by atoms with Crippen LogP contribution in [0.2, 0.25) is 0 Å². The van der Waals surface area contributed by atoms with Crippen LogP contribution in [0, 0.1) is 0 Å². The largest absolute Gasteiger partial charge is 0.462 e. The number of unbranched alkanes of at least 4 members (excludes halogenated alkanes) is 20. The summed E-state index contributed by atoms with van der Waals surface area (Å²) in [5.41, 5.74) is 0. The summed E-state index contributed by atoms with van der Waals surface area (Å²) < 4.78 is 5.90.